The van der Waals surface area contributed by atoms with Gasteiger partial charge in [-0.2, -0.15) is 0 Å². The molecule has 2 aliphatic rings. The maximum Gasteiger partial charge on any atom is 0.171 e. The number of halogens is 1. The molecule has 2 unspecified atom stereocenters. The van der Waals surface area contributed by atoms with E-state index in [1.54, 1.807) is 12.1 Å². The molecule has 2 aliphatic heterocycles. The first-order valence-corrected chi connectivity index (χ1v) is 12.2. The normalized spacial score (nSPS) is 20.5. The lowest BCUT2D eigenvalue weighted by molar-refractivity contribution is 0.221. The summed E-state index contributed by atoms with van der Waals surface area (Å²) in [4.78, 5) is 2.48. The van der Waals surface area contributed by atoms with Crippen LogP contribution in [0, 0.1) is 25.6 Å². The van der Waals surface area contributed by atoms with Gasteiger partial charge in [0, 0.05) is 31.2 Å². The molecule has 34 heavy (non-hydrogen) atoms. The Morgan fingerprint density at radius 2 is 1.50 bits per heavy atom. The van der Waals surface area contributed by atoms with Crippen LogP contribution < -0.4 is 10.6 Å². The third kappa shape index (κ3) is 5.06. The molecule has 0 saturated carbocycles. The largest absolute Gasteiger partial charge is 0.352 e. The van der Waals surface area contributed by atoms with Crippen molar-refractivity contribution in [2.24, 2.45) is 5.92 Å². The van der Waals surface area contributed by atoms with Crippen LogP contribution in [0.25, 0.3) is 0 Å². The molecule has 3 aromatic carbocycles. The molecule has 0 aromatic heterocycles. The predicted molar refractivity (Wildman–Crippen MR) is 140 cm³/mol. The van der Waals surface area contributed by atoms with Crippen LogP contribution in [0.3, 0.4) is 0 Å². The molecule has 0 aliphatic carbocycles. The highest BCUT2D eigenvalue weighted by molar-refractivity contribution is 7.80. The van der Waals surface area contributed by atoms with Crippen LogP contribution in [0.2, 0.25) is 0 Å². The first-order chi connectivity index (χ1) is 16.4. The van der Waals surface area contributed by atoms with E-state index in [2.05, 4.69) is 77.9 Å². The Kier molecular flexibility index (Phi) is 6.48. The van der Waals surface area contributed by atoms with Gasteiger partial charge in [0.15, 0.2) is 5.11 Å². The van der Waals surface area contributed by atoms with Gasteiger partial charge >= 0.3 is 0 Å². The Hall–Kier alpha value is -3.02. The highest BCUT2D eigenvalue weighted by atomic mass is 32.1. The molecule has 0 bridgehead atoms. The summed E-state index contributed by atoms with van der Waals surface area (Å²) in [6.45, 7) is 6.76. The number of hydrogen-bond donors (Lipinski definition) is 2. The fraction of sp³-hybridized carbons (Fsp3) is 0.276. The first kappa shape index (κ1) is 22.8. The van der Waals surface area contributed by atoms with Gasteiger partial charge in [-0.05, 0) is 66.9 Å². The number of benzene rings is 3. The zero-order valence-electron chi connectivity index (χ0n) is 19.6. The summed E-state index contributed by atoms with van der Waals surface area (Å²) >= 11 is 5.65. The van der Waals surface area contributed by atoms with E-state index in [0.717, 1.165) is 31.6 Å². The van der Waals surface area contributed by atoms with Crippen molar-refractivity contribution in [3.63, 3.8) is 0 Å². The summed E-state index contributed by atoms with van der Waals surface area (Å²) < 4.78 is 13.5. The van der Waals surface area contributed by atoms with E-state index in [9.17, 15) is 4.39 Å². The van der Waals surface area contributed by atoms with E-state index in [1.807, 2.05) is 12.1 Å². The van der Waals surface area contributed by atoms with Gasteiger partial charge in [-0.1, -0.05) is 71.8 Å². The molecule has 0 radical (unpaired) electrons. The minimum absolute atomic E-state index is 0.0425. The fourth-order valence-electron chi connectivity index (χ4n) is 5.05. The Morgan fingerprint density at radius 3 is 2.18 bits per heavy atom. The van der Waals surface area contributed by atoms with Crippen LogP contribution >= 0.6 is 12.2 Å². The molecule has 5 rings (SSSR count). The minimum Gasteiger partial charge on any atom is -0.352 e. The van der Waals surface area contributed by atoms with Crippen LogP contribution in [-0.4, -0.2) is 23.1 Å². The molecule has 0 saturated heterocycles. The zero-order valence-corrected chi connectivity index (χ0v) is 20.5. The summed E-state index contributed by atoms with van der Waals surface area (Å²) in [6.07, 6.45) is 0.940. The lowest BCUT2D eigenvalue weighted by Gasteiger charge is -2.43. The molecular weight excluding hydrogens is 441 g/mol. The van der Waals surface area contributed by atoms with Crippen molar-refractivity contribution in [1.82, 2.24) is 15.5 Å². The highest BCUT2D eigenvalue weighted by Crippen LogP contribution is 2.35. The van der Waals surface area contributed by atoms with Crippen LogP contribution in [0.15, 0.2) is 84.1 Å². The van der Waals surface area contributed by atoms with Gasteiger partial charge in [-0.15, -0.1) is 0 Å². The van der Waals surface area contributed by atoms with Gasteiger partial charge in [0.2, 0.25) is 0 Å². The maximum absolute atomic E-state index is 13.5. The van der Waals surface area contributed by atoms with E-state index in [0.29, 0.717) is 11.0 Å². The standard InChI is InChI=1S/C29H30FN3S/c1-19-3-7-21(8-4-19)15-24-17-33(16-22-9-13-25(30)14-10-22)18-26-27(31-29(34)32-28(24)26)23-11-5-20(2)6-12-23/h3-14,24,27H,15-18H2,1-2H3,(H2,31,32,34). The van der Waals surface area contributed by atoms with Crippen molar-refractivity contribution in [1.29, 1.82) is 0 Å². The Balaban J connectivity index is 1.50. The number of thiocarbonyl (C=S) groups is 1. The molecule has 2 heterocycles. The molecule has 0 spiro atoms. The topological polar surface area (TPSA) is 27.3 Å². The third-order valence-electron chi connectivity index (χ3n) is 6.83. The first-order valence-electron chi connectivity index (χ1n) is 11.8. The summed E-state index contributed by atoms with van der Waals surface area (Å²) in [5.74, 6) is 0.0955. The molecule has 174 valence electrons. The van der Waals surface area contributed by atoms with Gasteiger partial charge < -0.3 is 10.6 Å². The van der Waals surface area contributed by atoms with E-state index in [1.165, 1.54) is 33.5 Å². The second-order valence-corrected chi connectivity index (χ2v) is 9.97. The van der Waals surface area contributed by atoms with Gasteiger partial charge in [0.05, 0.1) is 6.04 Å². The van der Waals surface area contributed by atoms with Gasteiger partial charge in [-0.3, -0.25) is 4.90 Å². The molecule has 5 heteroatoms. The molecule has 0 amide bonds. The highest BCUT2D eigenvalue weighted by Gasteiger charge is 2.36. The number of hydrogen-bond acceptors (Lipinski definition) is 2. The second kappa shape index (κ2) is 9.69. The van der Waals surface area contributed by atoms with Crippen molar-refractivity contribution < 1.29 is 4.39 Å². The molecule has 0 fully saturated rings. The van der Waals surface area contributed by atoms with Crippen LogP contribution in [0.4, 0.5) is 4.39 Å². The zero-order chi connectivity index (χ0) is 23.7. The summed E-state index contributed by atoms with van der Waals surface area (Å²) in [6, 6.07) is 24.4. The number of aryl methyl sites for hydroxylation is 2. The van der Waals surface area contributed by atoms with E-state index >= 15 is 0 Å². The lowest BCUT2D eigenvalue weighted by Crippen LogP contribution is -2.52. The van der Waals surface area contributed by atoms with Crippen molar-refractivity contribution in [2.45, 2.75) is 32.9 Å². The van der Waals surface area contributed by atoms with Gasteiger partial charge in [-0.25, -0.2) is 4.39 Å². The Labute approximate surface area is 206 Å². The van der Waals surface area contributed by atoms with E-state index < -0.39 is 0 Å². The average Bonchev–Trinajstić information content (AvgIpc) is 2.83. The minimum atomic E-state index is -0.196. The Morgan fingerprint density at radius 1 is 0.882 bits per heavy atom. The predicted octanol–water partition coefficient (Wildman–Crippen LogP) is 5.59. The quantitative estimate of drug-likeness (QED) is 0.475. The molecule has 3 aromatic rings. The lowest BCUT2D eigenvalue weighted by atomic mass is 9.83. The van der Waals surface area contributed by atoms with Crippen LogP contribution in [0.1, 0.15) is 33.9 Å². The monoisotopic (exact) mass is 471 g/mol. The maximum atomic E-state index is 13.5. The van der Waals surface area contributed by atoms with E-state index in [4.69, 9.17) is 12.2 Å². The fourth-order valence-corrected chi connectivity index (χ4v) is 5.28. The summed E-state index contributed by atoms with van der Waals surface area (Å²) in [7, 11) is 0. The summed E-state index contributed by atoms with van der Waals surface area (Å²) in [5, 5.41) is 7.73. The average molecular weight is 472 g/mol. The van der Waals surface area contributed by atoms with Gasteiger partial charge in [0.1, 0.15) is 5.82 Å². The molecule has 2 atom stereocenters. The molecular formula is C29H30FN3S. The van der Waals surface area contributed by atoms with Crippen LogP contribution in [-0.2, 0) is 13.0 Å². The SMILES string of the molecule is Cc1ccc(CC2CN(Cc3ccc(F)cc3)CC3=C2NC(=S)NC3c2ccc(C)cc2)cc1. The van der Waals surface area contributed by atoms with Crippen molar-refractivity contribution >= 4 is 17.3 Å². The van der Waals surface area contributed by atoms with Gasteiger partial charge in [0.25, 0.3) is 0 Å². The smallest absolute Gasteiger partial charge is 0.171 e. The van der Waals surface area contributed by atoms with Crippen molar-refractivity contribution in [2.75, 3.05) is 13.1 Å². The summed E-state index contributed by atoms with van der Waals surface area (Å²) in [5.41, 5.74) is 8.77. The molecule has 2 N–H and O–H groups in total. The van der Waals surface area contributed by atoms with E-state index in [-0.39, 0.29) is 11.9 Å². The van der Waals surface area contributed by atoms with Crippen LogP contribution in [0.5, 0.6) is 0 Å². The number of nitrogens with zero attached hydrogens (tertiary/aromatic N) is 1. The van der Waals surface area contributed by atoms with Crippen molar-refractivity contribution in [3.8, 4) is 0 Å². The number of nitrogens with one attached hydrogen (secondary N) is 2. The Bertz CT molecular complexity index is 1200. The third-order valence-corrected chi connectivity index (χ3v) is 7.05. The molecule has 3 nitrogen and oxygen atoms in total. The van der Waals surface area contributed by atoms with Crippen molar-refractivity contribution in [3.05, 3.63) is 118 Å². The number of rotatable bonds is 5. The second-order valence-electron chi connectivity index (χ2n) is 9.56.